The maximum Gasteiger partial charge on any atom is 0.126 e. The van der Waals surface area contributed by atoms with E-state index in [2.05, 4.69) is 18.6 Å². The van der Waals surface area contributed by atoms with Gasteiger partial charge in [-0.1, -0.05) is 20.8 Å². The molecule has 82 valence electrons. The van der Waals surface area contributed by atoms with E-state index in [1.54, 1.807) is 18.0 Å². The van der Waals surface area contributed by atoms with E-state index in [1.807, 2.05) is 13.0 Å². The average Bonchev–Trinajstić information content (AvgIpc) is 2.59. The number of benzene rings is 1. The standard InChI is InChI=1S/C12H16FNS/c1-4-8-5-11-9(6-10(8)13)12(7(2)3)14-15-11/h5-7,12,14H,4H2,1-3H3. The molecule has 1 unspecified atom stereocenters. The predicted molar refractivity (Wildman–Crippen MR) is 62.3 cm³/mol. The molecule has 0 spiro atoms. The van der Waals surface area contributed by atoms with Gasteiger partial charge in [0.1, 0.15) is 5.82 Å². The molecular formula is C12H16FNS. The van der Waals surface area contributed by atoms with E-state index in [0.29, 0.717) is 5.92 Å². The van der Waals surface area contributed by atoms with Gasteiger partial charge in [0, 0.05) is 10.9 Å². The number of aryl methyl sites for hydroxylation is 1. The third-order valence-corrected chi connectivity index (χ3v) is 3.80. The summed E-state index contributed by atoms with van der Waals surface area (Å²) in [6.45, 7) is 6.29. The summed E-state index contributed by atoms with van der Waals surface area (Å²) in [5.41, 5.74) is 1.93. The Balaban J connectivity index is 2.43. The highest BCUT2D eigenvalue weighted by Crippen LogP contribution is 2.40. The number of rotatable bonds is 2. The largest absolute Gasteiger partial charge is 0.252 e. The van der Waals surface area contributed by atoms with Crippen molar-refractivity contribution in [3.8, 4) is 0 Å². The van der Waals surface area contributed by atoms with Gasteiger partial charge in [-0.25, -0.2) is 4.39 Å². The lowest BCUT2D eigenvalue weighted by Crippen LogP contribution is -2.14. The van der Waals surface area contributed by atoms with Crippen LogP contribution in [0.25, 0.3) is 0 Å². The second kappa shape index (κ2) is 4.14. The van der Waals surface area contributed by atoms with Crippen LogP contribution in [-0.2, 0) is 6.42 Å². The predicted octanol–water partition coefficient (Wildman–Crippen LogP) is 3.70. The van der Waals surface area contributed by atoms with Crippen LogP contribution in [0.2, 0.25) is 0 Å². The Bertz CT molecular complexity index is 376. The monoisotopic (exact) mass is 225 g/mol. The van der Waals surface area contributed by atoms with Crippen molar-refractivity contribution in [3.05, 3.63) is 29.1 Å². The van der Waals surface area contributed by atoms with Crippen LogP contribution in [0.5, 0.6) is 0 Å². The first kappa shape index (κ1) is 11.0. The van der Waals surface area contributed by atoms with Crippen molar-refractivity contribution < 1.29 is 4.39 Å². The first-order chi connectivity index (χ1) is 7.13. The molecule has 1 aromatic carbocycles. The molecule has 0 bridgehead atoms. The van der Waals surface area contributed by atoms with E-state index >= 15 is 0 Å². The van der Waals surface area contributed by atoms with Crippen LogP contribution in [0.3, 0.4) is 0 Å². The Kier molecular flexibility index (Phi) is 3.03. The van der Waals surface area contributed by atoms with Crippen molar-refractivity contribution in [2.75, 3.05) is 0 Å². The molecule has 1 nitrogen and oxygen atoms in total. The number of hydrogen-bond donors (Lipinski definition) is 1. The van der Waals surface area contributed by atoms with Gasteiger partial charge in [0.15, 0.2) is 0 Å². The molecule has 15 heavy (non-hydrogen) atoms. The quantitative estimate of drug-likeness (QED) is 0.770. The lowest BCUT2D eigenvalue weighted by atomic mass is 9.95. The first-order valence-corrected chi connectivity index (χ1v) is 6.19. The Hall–Kier alpha value is -0.540. The number of halogens is 1. The highest BCUT2D eigenvalue weighted by molar-refractivity contribution is 7.97. The fourth-order valence-corrected chi connectivity index (χ4v) is 3.06. The highest BCUT2D eigenvalue weighted by Gasteiger charge is 2.26. The Labute approximate surface area is 94.6 Å². The van der Waals surface area contributed by atoms with Gasteiger partial charge in [-0.3, -0.25) is 4.72 Å². The molecule has 0 radical (unpaired) electrons. The van der Waals surface area contributed by atoms with E-state index in [0.717, 1.165) is 17.5 Å². The summed E-state index contributed by atoms with van der Waals surface area (Å²) in [4.78, 5) is 1.19. The van der Waals surface area contributed by atoms with Crippen LogP contribution < -0.4 is 4.72 Å². The molecule has 0 saturated carbocycles. The summed E-state index contributed by atoms with van der Waals surface area (Å²) in [7, 11) is 0. The second-order valence-electron chi connectivity index (χ2n) is 4.28. The molecule has 1 aliphatic heterocycles. The lowest BCUT2D eigenvalue weighted by Gasteiger charge is -2.15. The Morgan fingerprint density at radius 1 is 1.47 bits per heavy atom. The number of hydrogen-bond acceptors (Lipinski definition) is 2. The molecule has 0 amide bonds. The summed E-state index contributed by atoms with van der Waals surface area (Å²) in [6.07, 6.45) is 0.756. The summed E-state index contributed by atoms with van der Waals surface area (Å²) < 4.78 is 17.0. The van der Waals surface area contributed by atoms with Gasteiger partial charge < -0.3 is 0 Å². The summed E-state index contributed by atoms with van der Waals surface area (Å²) in [5, 5.41) is 0. The molecule has 0 fully saturated rings. The fraction of sp³-hybridized carbons (Fsp3) is 0.500. The van der Waals surface area contributed by atoms with E-state index in [-0.39, 0.29) is 11.9 Å². The minimum Gasteiger partial charge on any atom is -0.252 e. The molecule has 0 aromatic heterocycles. The fourth-order valence-electron chi connectivity index (χ4n) is 1.90. The molecule has 1 atom stereocenters. The Morgan fingerprint density at radius 3 is 2.80 bits per heavy atom. The minimum absolute atomic E-state index is 0.0637. The van der Waals surface area contributed by atoms with Gasteiger partial charge >= 0.3 is 0 Å². The topological polar surface area (TPSA) is 12.0 Å². The third-order valence-electron chi connectivity index (χ3n) is 2.86. The van der Waals surface area contributed by atoms with Crippen molar-refractivity contribution in [1.82, 2.24) is 4.72 Å². The molecule has 1 heterocycles. The van der Waals surface area contributed by atoms with E-state index in [4.69, 9.17) is 0 Å². The van der Waals surface area contributed by atoms with Gasteiger partial charge in [0.2, 0.25) is 0 Å². The number of fused-ring (bicyclic) bond motifs is 1. The molecule has 1 N–H and O–H groups in total. The summed E-state index contributed by atoms with van der Waals surface area (Å²) in [6, 6.07) is 3.96. The van der Waals surface area contributed by atoms with Crippen molar-refractivity contribution >= 4 is 11.9 Å². The van der Waals surface area contributed by atoms with Crippen LogP contribution in [0.4, 0.5) is 4.39 Å². The van der Waals surface area contributed by atoms with Gasteiger partial charge in [-0.2, -0.15) is 0 Å². The van der Waals surface area contributed by atoms with Crippen LogP contribution >= 0.6 is 11.9 Å². The van der Waals surface area contributed by atoms with Crippen LogP contribution in [0, 0.1) is 11.7 Å². The Morgan fingerprint density at radius 2 is 2.20 bits per heavy atom. The van der Waals surface area contributed by atoms with Gasteiger partial charge in [0.05, 0.1) is 0 Å². The molecule has 2 rings (SSSR count). The average molecular weight is 225 g/mol. The maximum atomic E-state index is 13.6. The zero-order valence-corrected chi connectivity index (χ0v) is 10.1. The van der Waals surface area contributed by atoms with Gasteiger partial charge in [0.25, 0.3) is 0 Å². The summed E-state index contributed by atoms with van der Waals surface area (Å²) in [5.74, 6) is 0.428. The van der Waals surface area contributed by atoms with Crippen LogP contribution in [0.15, 0.2) is 17.0 Å². The SMILES string of the molecule is CCc1cc2c(cc1F)C(C(C)C)NS2. The van der Waals surface area contributed by atoms with Crippen molar-refractivity contribution in [1.29, 1.82) is 0 Å². The zero-order chi connectivity index (χ0) is 11.0. The minimum atomic E-state index is -0.0637. The molecular weight excluding hydrogens is 209 g/mol. The normalized spacial score (nSPS) is 19.7. The van der Waals surface area contributed by atoms with Gasteiger partial charge in [-0.15, -0.1) is 0 Å². The van der Waals surface area contributed by atoms with Crippen molar-refractivity contribution in [2.45, 2.75) is 38.1 Å². The van der Waals surface area contributed by atoms with E-state index in [9.17, 15) is 4.39 Å². The van der Waals surface area contributed by atoms with Crippen molar-refractivity contribution in [2.24, 2.45) is 5.92 Å². The lowest BCUT2D eigenvalue weighted by molar-refractivity contribution is 0.487. The smallest absolute Gasteiger partial charge is 0.126 e. The summed E-state index contributed by atoms with van der Waals surface area (Å²) >= 11 is 1.63. The molecule has 1 aliphatic rings. The maximum absolute atomic E-state index is 13.6. The molecule has 0 saturated heterocycles. The highest BCUT2D eigenvalue weighted by atomic mass is 32.2. The van der Waals surface area contributed by atoms with Crippen molar-refractivity contribution in [3.63, 3.8) is 0 Å². The molecule has 3 heteroatoms. The number of nitrogens with one attached hydrogen (secondary N) is 1. The second-order valence-corrected chi connectivity index (χ2v) is 5.16. The van der Waals surface area contributed by atoms with Crippen LogP contribution in [-0.4, -0.2) is 0 Å². The molecule has 1 aromatic rings. The molecule has 0 aliphatic carbocycles. The zero-order valence-electron chi connectivity index (χ0n) is 9.30. The first-order valence-electron chi connectivity index (χ1n) is 5.38. The van der Waals surface area contributed by atoms with Crippen LogP contribution in [0.1, 0.15) is 37.9 Å². The van der Waals surface area contributed by atoms with E-state index in [1.165, 1.54) is 4.90 Å². The third kappa shape index (κ3) is 1.91. The van der Waals surface area contributed by atoms with Gasteiger partial charge in [-0.05, 0) is 47.5 Å². The van der Waals surface area contributed by atoms with E-state index < -0.39 is 0 Å².